The Kier molecular flexibility index (Phi) is 11.1. The molecule has 0 radical (unpaired) electrons. The Morgan fingerprint density at radius 1 is 1.28 bits per heavy atom. The molecule has 0 aromatic rings. The van der Waals surface area contributed by atoms with Crippen molar-refractivity contribution >= 4 is 41.7 Å². The lowest BCUT2D eigenvalue weighted by molar-refractivity contribution is 0.0780. The summed E-state index contributed by atoms with van der Waals surface area (Å²) >= 11 is 2.09. The summed E-state index contributed by atoms with van der Waals surface area (Å²) in [5.74, 6) is 3.97. The van der Waals surface area contributed by atoms with Crippen molar-refractivity contribution in [2.75, 3.05) is 45.6 Å². The van der Waals surface area contributed by atoms with Gasteiger partial charge in [-0.3, -0.25) is 4.99 Å². The van der Waals surface area contributed by atoms with Crippen LogP contribution in [0, 0.1) is 11.8 Å². The molecule has 1 unspecified atom stereocenters. The van der Waals surface area contributed by atoms with Crippen molar-refractivity contribution in [2.45, 2.75) is 57.6 Å². The van der Waals surface area contributed by atoms with Gasteiger partial charge >= 0.3 is 0 Å². The van der Waals surface area contributed by atoms with E-state index in [2.05, 4.69) is 47.7 Å². The molecule has 2 aliphatic heterocycles. The second-order valence-electron chi connectivity index (χ2n) is 7.20. The van der Waals surface area contributed by atoms with Crippen molar-refractivity contribution in [1.29, 1.82) is 0 Å². The van der Waals surface area contributed by atoms with E-state index >= 15 is 0 Å². The molecular weight excluding hydrogens is 445 g/mol. The van der Waals surface area contributed by atoms with Crippen LogP contribution >= 0.6 is 35.7 Å². The zero-order valence-electron chi connectivity index (χ0n) is 16.6. The molecule has 0 bridgehead atoms. The molecule has 6 heteroatoms. The molecule has 0 amide bonds. The lowest BCUT2D eigenvalue weighted by Gasteiger charge is -2.37. The van der Waals surface area contributed by atoms with Crippen molar-refractivity contribution < 1.29 is 4.74 Å². The molecule has 0 aliphatic carbocycles. The maximum Gasteiger partial charge on any atom is 0.193 e. The third-order valence-electron chi connectivity index (χ3n) is 5.87. The molecule has 2 fully saturated rings. The van der Waals surface area contributed by atoms with Gasteiger partial charge in [-0.1, -0.05) is 33.6 Å². The first-order valence-corrected chi connectivity index (χ1v) is 10.8. The van der Waals surface area contributed by atoms with Crippen LogP contribution in [-0.2, 0) is 4.74 Å². The number of aliphatic imine (C=N–C) groups is 1. The van der Waals surface area contributed by atoms with Gasteiger partial charge in [-0.2, -0.15) is 11.8 Å². The van der Waals surface area contributed by atoms with E-state index < -0.39 is 0 Å². The maximum atomic E-state index is 5.59. The van der Waals surface area contributed by atoms with Crippen molar-refractivity contribution in [1.82, 2.24) is 10.2 Å². The summed E-state index contributed by atoms with van der Waals surface area (Å²) in [6.45, 7) is 12.1. The summed E-state index contributed by atoms with van der Waals surface area (Å²) in [7, 11) is 1.93. The number of nitrogens with zero attached hydrogens (tertiary/aromatic N) is 2. The average molecular weight is 484 g/mol. The number of hydrogen-bond acceptors (Lipinski definition) is 3. The topological polar surface area (TPSA) is 36.9 Å². The Morgan fingerprint density at radius 2 is 1.96 bits per heavy atom. The smallest absolute Gasteiger partial charge is 0.193 e. The van der Waals surface area contributed by atoms with Gasteiger partial charge in [0, 0.05) is 44.6 Å². The highest BCUT2D eigenvalue weighted by atomic mass is 127. The standard InChI is InChI=1S/C19H37N3OS.HI/c1-5-16(6-2)17-8-11-22(14-17)18(20-4)21-15-19(24-7-3)9-12-23-13-10-19;/h16-17H,5-15H2,1-4H3,(H,20,21);1H. The molecule has 1 N–H and O–H groups in total. The number of hydrogen-bond donors (Lipinski definition) is 1. The van der Waals surface area contributed by atoms with E-state index in [0.29, 0.717) is 4.75 Å². The van der Waals surface area contributed by atoms with Crippen LogP contribution in [-0.4, -0.2) is 61.3 Å². The molecular formula is C19H38IN3OS. The Hall–Kier alpha value is 0.310. The van der Waals surface area contributed by atoms with E-state index in [1.807, 2.05) is 7.05 Å². The number of ether oxygens (including phenoxy) is 1. The van der Waals surface area contributed by atoms with Gasteiger partial charge in [0.15, 0.2) is 5.96 Å². The van der Waals surface area contributed by atoms with Crippen molar-refractivity contribution in [3.05, 3.63) is 0 Å². The van der Waals surface area contributed by atoms with Crippen LogP contribution in [0.15, 0.2) is 4.99 Å². The highest BCUT2D eigenvalue weighted by Crippen LogP contribution is 2.35. The second-order valence-corrected chi connectivity index (χ2v) is 8.93. The minimum Gasteiger partial charge on any atom is -0.381 e. The monoisotopic (exact) mass is 483 g/mol. The fourth-order valence-corrected chi connectivity index (χ4v) is 5.56. The predicted molar refractivity (Wildman–Crippen MR) is 121 cm³/mol. The van der Waals surface area contributed by atoms with E-state index in [1.54, 1.807) is 0 Å². The summed E-state index contributed by atoms with van der Waals surface area (Å²) in [6, 6.07) is 0. The number of nitrogens with one attached hydrogen (secondary N) is 1. The highest BCUT2D eigenvalue weighted by molar-refractivity contribution is 14.0. The molecule has 1 atom stereocenters. The van der Waals surface area contributed by atoms with Gasteiger partial charge in [-0.05, 0) is 36.9 Å². The summed E-state index contributed by atoms with van der Waals surface area (Å²) in [4.78, 5) is 7.06. The third-order valence-corrected chi connectivity index (χ3v) is 7.33. The van der Waals surface area contributed by atoms with Gasteiger partial charge < -0.3 is 15.0 Å². The third kappa shape index (κ3) is 6.45. The summed E-state index contributed by atoms with van der Waals surface area (Å²) in [5.41, 5.74) is 0. The molecule has 2 saturated heterocycles. The van der Waals surface area contributed by atoms with Crippen LogP contribution in [0.1, 0.15) is 52.9 Å². The minimum absolute atomic E-state index is 0. The second kappa shape index (κ2) is 11.9. The lowest BCUT2D eigenvalue weighted by Crippen LogP contribution is -2.49. The van der Waals surface area contributed by atoms with Crippen molar-refractivity contribution in [3.63, 3.8) is 0 Å². The zero-order chi connectivity index (χ0) is 17.4. The Balaban J connectivity index is 0.00000312. The van der Waals surface area contributed by atoms with Gasteiger partial charge in [-0.25, -0.2) is 0 Å². The quantitative estimate of drug-likeness (QED) is 0.334. The largest absolute Gasteiger partial charge is 0.381 e. The molecule has 2 heterocycles. The van der Waals surface area contributed by atoms with Gasteiger partial charge in [-0.15, -0.1) is 24.0 Å². The molecule has 0 aromatic carbocycles. The predicted octanol–water partition coefficient (Wildman–Crippen LogP) is 4.24. The molecule has 2 aliphatic rings. The Bertz CT molecular complexity index is 393. The molecule has 2 rings (SSSR count). The number of thioether (sulfide) groups is 1. The van der Waals surface area contributed by atoms with Crippen molar-refractivity contribution in [2.24, 2.45) is 16.8 Å². The summed E-state index contributed by atoms with van der Waals surface area (Å²) in [5, 5.41) is 3.70. The molecule has 0 spiro atoms. The number of rotatable bonds is 7. The van der Waals surface area contributed by atoms with Crippen LogP contribution < -0.4 is 5.32 Å². The van der Waals surface area contributed by atoms with Crippen LogP contribution in [0.25, 0.3) is 0 Å². The zero-order valence-corrected chi connectivity index (χ0v) is 19.7. The van der Waals surface area contributed by atoms with Crippen molar-refractivity contribution in [3.8, 4) is 0 Å². The number of halogens is 1. The molecule has 0 aromatic heterocycles. The molecule has 4 nitrogen and oxygen atoms in total. The van der Waals surface area contributed by atoms with Crippen LogP contribution in [0.2, 0.25) is 0 Å². The normalized spacial score (nSPS) is 23.6. The van der Waals surface area contributed by atoms with Crippen LogP contribution in [0.3, 0.4) is 0 Å². The highest BCUT2D eigenvalue weighted by Gasteiger charge is 2.34. The van der Waals surface area contributed by atoms with E-state index in [0.717, 1.165) is 56.9 Å². The Labute approximate surface area is 176 Å². The molecule has 148 valence electrons. The van der Waals surface area contributed by atoms with Crippen LogP contribution in [0.4, 0.5) is 0 Å². The average Bonchev–Trinajstić information content (AvgIpc) is 3.07. The van der Waals surface area contributed by atoms with E-state index in [9.17, 15) is 0 Å². The fraction of sp³-hybridized carbons (Fsp3) is 0.947. The summed E-state index contributed by atoms with van der Waals surface area (Å²) in [6.07, 6.45) is 6.21. The minimum atomic E-state index is 0. The summed E-state index contributed by atoms with van der Waals surface area (Å²) < 4.78 is 5.90. The first-order chi connectivity index (χ1) is 11.7. The lowest BCUT2D eigenvalue weighted by atomic mass is 9.87. The van der Waals surface area contributed by atoms with Gasteiger partial charge in [0.05, 0.1) is 0 Å². The SMILES string of the molecule is CCSC1(CNC(=NC)N2CCC(C(CC)CC)C2)CCOCC1.I. The van der Waals surface area contributed by atoms with Crippen LogP contribution in [0.5, 0.6) is 0 Å². The molecule has 25 heavy (non-hydrogen) atoms. The first-order valence-electron chi connectivity index (χ1n) is 9.85. The number of guanidine groups is 1. The fourth-order valence-electron chi connectivity index (χ4n) is 4.31. The number of likely N-dealkylation sites (tertiary alicyclic amines) is 1. The van der Waals surface area contributed by atoms with Gasteiger partial charge in [0.25, 0.3) is 0 Å². The van der Waals surface area contributed by atoms with E-state index in [1.165, 1.54) is 31.6 Å². The van der Waals surface area contributed by atoms with E-state index in [-0.39, 0.29) is 24.0 Å². The van der Waals surface area contributed by atoms with E-state index in [4.69, 9.17) is 4.74 Å². The first kappa shape index (κ1) is 23.3. The molecule has 0 saturated carbocycles. The maximum absolute atomic E-state index is 5.59. The van der Waals surface area contributed by atoms with Gasteiger partial charge in [0.2, 0.25) is 0 Å². The Morgan fingerprint density at radius 3 is 2.52 bits per heavy atom. The van der Waals surface area contributed by atoms with Gasteiger partial charge in [0.1, 0.15) is 0 Å².